The number of hydrogen-bond acceptors (Lipinski definition) is 3. The molecule has 1 aliphatic rings. The summed E-state index contributed by atoms with van der Waals surface area (Å²) in [6.45, 7) is 1.58. The van der Waals surface area contributed by atoms with Crippen LogP contribution in [0.3, 0.4) is 0 Å². The van der Waals surface area contributed by atoms with Crippen molar-refractivity contribution in [3.63, 3.8) is 0 Å². The average molecular weight is 266 g/mol. The van der Waals surface area contributed by atoms with Crippen LogP contribution in [0.5, 0.6) is 0 Å². The molecule has 0 saturated carbocycles. The highest BCUT2D eigenvalue weighted by atomic mass is 16.5. The molecule has 0 spiro atoms. The molecule has 1 fully saturated rings. The molecule has 0 radical (unpaired) electrons. The summed E-state index contributed by atoms with van der Waals surface area (Å²) in [6, 6.07) is 16.4. The third-order valence-corrected chi connectivity index (χ3v) is 3.84. The molecule has 1 heterocycles. The van der Waals surface area contributed by atoms with E-state index in [-0.39, 0.29) is 12.1 Å². The van der Waals surface area contributed by atoms with Crippen molar-refractivity contribution in [2.45, 2.75) is 25.0 Å². The zero-order valence-electron chi connectivity index (χ0n) is 11.4. The molecule has 2 atom stereocenters. The van der Waals surface area contributed by atoms with Crippen molar-refractivity contribution in [1.82, 2.24) is 5.32 Å². The van der Waals surface area contributed by atoms with Crippen LogP contribution in [0.2, 0.25) is 0 Å². The molecule has 102 valence electrons. The Morgan fingerprint density at radius 1 is 1.25 bits per heavy atom. The fourth-order valence-corrected chi connectivity index (χ4v) is 2.78. The highest BCUT2D eigenvalue weighted by molar-refractivity contribution is 5.86. The van der Waals surface area contributed by atoms with Crippen LogP contribution in [0.15, 0.2) is 42.5 Å². The van der Waals surface area contributed by atoms with Gasteiger partial charge in [-0.2, -0.15) is 5.26 Å². The second-order valence-corrected chi connectivity index (χ2v) is 5.17. The summed E-state index contributed by atoms with van der Waals surface area (Å²) in [7, 11) is 0. The lowest BCUT2D eigenvalue weighted by atomic mass is 9.99. The van der Waals surface area contributed by atoms with Crippen LogP contribution in [-0.2, 0) is 4.74 Å². The minimum absolute atomic E-state index is 0.251. The standard InChI is InChI=1S/C17H18N2O/c18-11-17(19-12-14-7-4-10-20-14)16-9-3-6-13-5-1-2-8-15(13)16/h1-3,5-6,8-9,14,17,19H,4,7,10,12H2. The van der Waals surface area contributed by atoms with Crippen LogP contribution in [-0.4, -0.2) is 19.3 Å². The molecule has 3 heteroatoms. The molecular weight excluding hydrogens is 248 g/mol. The number of hydrogen-bond donors (Lipinski definition) is 1. The van der Waals surface area contributed by atoms with Gasteiger partial charge in [-0.15, -0.1) is 0 Å². The van der Waals surface area contributed by atoms with Crippen LogP contribution in [0, 0.1) is 11.3 Å². The van der Waals surface area contributed by atoms with E-state index in [1.165, 1.54) is 5.39 Å². The van der Waals surface area contributed by atoms with Gasteiger partial charge in [0.15, 0.2) is 0 Å². The van der Waals surface area contributed by atoms with Crippen molar-refractivity contribution in [2.75, 3.05) is 13.2 Å². The SMILES string of the molecule is N#CC(NCC1CCCO1)c1cccc2ccccc12. The molecule has 1 N–H and O–H groups in total. The Balaban J connectivity index is 1.82. The monoisotopic (exact) mass is 266 g/mol. The quantitative estimate of drug-likeness (QED) is 0.924. The van der Waals surface area contributed by atoms with Crippen LogP contribution in [0.1, 0.15) is 24.4 Å². The van der Waals surface area contributed by atoms with Crippen LogP contribution in [0.25, 0.3) is 10.8 Å². The highest BCUT2D eigenvalue weighted by Gasteiger charge is 2.19. The maximum Gasteiger partial charge on any atom is 0.122 e. The second-order valence-electron chi connectivity index (χ2n) is 5.17. The fraction of sp³-hybridized carbons (Fsp3) is 0.353. The largest absolute Gasteiger partial charge is 0.377 e. The van der Waals surface area contributed by atoms with E-state index in [0.29, 0.717) is 0 Å². The van der Waals surface area contributed by atoms with Gasteiger partial charge in [0, 0.05) is 13.2 Å². The topological polar surface area (TPSA) is 45.0 Å². The van der Waals surface area contributed by atoms with Gasteiger partial charge in [-0.3, -0.25) is 5.32 Å². The molecule has 3 nitrogen and oxygen atoms in total. The Morgan fingerprint density at radius 2 is 2.10 bits per heavy atom. The number of fused-ring (bicyclic) bond motifs is 1. The summed E-state index contributed by atoms with van der Waals surface area (Å²) in [5, 5.41) is 15.1. The Bertz CT molecular complexity index is 621. The Morgan fingerprint density at radius 3 is 2.90 bits per heavy atom. The number of nitrogens with zero attached hydrogens (tertiary/aromatic N) is 1. The van der Waals surface area contributed by atoms with Crippen molar-refractivity contribution in [3.8, 4) is 6.07 Å². The van der Waals surface area contributed by atoms with Gasteiger partial charge in [-0.05, 0) is 29.2 Å². The summed E-state index contributed by atoms with van der Waals surface area (Å²) in [6.07, 6.45) is 2.46. The van der Waals surface area contributed by atoms with E-state index in [0.717, 1.165) is 36.9 Å². The molecule has 1 aliphatic heterocycles. The first-order valence-electron chi connectivity index (χ1n) is 7.11. The summed E-state index contributed by atoms with van der Waals surface area (Å²) in [4.78, 5) is 0. The number of ether oxygens (including phenoxy) is 1. The Labute approximate surface area is 119 Å². The van der Waals surface area contributed by atoms with Crippen molar-refractivity contribution in [3.05, 3.63) is 48.0 Å². The number of nitriles is 1. The lowest BCUT2D eigenvalue weighted by molar-refractivity contribution is 0.109. The Hall–Kier alpha value is -1.89. The summed E-state index contributed by atoms with van der Waals surface area (Å²) in [5.41, 5.74) is 1.04. The molecule has 3 rings (SSSR count). The lowest BCUT2D eigenvalue weighted by Gasteiger charge is -2.17. The van der Waals surface area contributed by atoms with Gasteiger partial charge in [0.2, 0.25) is 0 Å². The van der Waals surface area contributed by atoms with Gasteiger partial charge in [0.25, 0.3) is 0 Å². The summed E-state index contributed by atoms with van der Waals surface area (Å²) < 4.78 is 5.60. The Kier molecular flexibility index (Phi) is 3.96. The molecule has 1 saturated heterocycles. The van der Waals surface area contributed by atoms with Gasteiger partial charge in [-0.1, -0.05) is 42.5 Å². The smallest absolute Gasteiger partial charge is 0.122 e. The van der Waals surface area contributed by atoms with Crippen molar-refractivity contribution in [1.29, 1.82) is 5.26 Å². The molecule has 2 aromatic rings. The maximum absolute atomic E-state index is 9.46. The normalized spacial score (nSPS) is 19.9. The first-order valence-corrected chi connectivity index (χ1v) is 7.11. The van der Waals surface area contributed by atoms with Gasteiger partial charge < -0.3 is 4.74 Å². The van der Waals surface area contributed by atoms with Crippen molar-refractivity contribution < 1.29 is 4.74 Å². The maximum atomic E-state index is 9.46. The van der Waals surface area contributed by atoms with E-state index >= 15 is 0 Å². The minimum atomic E-state index is -0.287. The third-order valence-electron chi connectivity index (χ3n) is 3.84. The molecule has 2 aromatic carbocycles. The average Bonchev–Trinajstić information content (AvgIpc) is 3.01. The van der Waals surface area contributed by atoms with Crippen molar-refractivity contribution in [2.24, 2.45) is 0 Å². The van der Waals surface area contributed by atoms with Crippen LogP contribution in [0.4, 0.5) is 0 Å². The zero-order chi connectivity index (χ0) is 13.8. The van der Waals surface area contributed by atoms with Gasteiger partial charge in [-0.25, -0.2) is 0 Å². The lowest BCUT2D eigenvalue weighted by Crippen LogP contribution is -2.29. The highest BCUT2D eigenvalue weighted by Crippen LogP contribution is 2.24. The van der Waals surface area contributed by atoms with E-state index in [1.54, 1.807) is 0 Å². The van der Waals surface area contributed by atoms with E-state index in [1.807, 2.05) is 24.3 Å². The number of rotatable bonds is 4. The predicted octanol–water partition coefficient (Wildman–Crippen LogP) is 3.17. The molecular formula is C17H18N2O. The fourth-order valence-electron chi connectivity index (χ4n) is 2.78. The van der Waals surface area contributed by atoms with Gasteiger partial charge >= 0.3 is 0 Å². The molecule has 2 unspecified atom stereocenters. The minimum Gasteiger partial charge on any atom is -0.377 e. The van der Waals surface area contributed by atoms with Gasteiger partial charge in [0.1, 0.15) is 6.04 Å². The zero-order valence-corrected chi connectivity index (χ0v) is 11.4. The summed E-state index contributed by atoms with van der Waals surface area (Å²) >= 11 is 0. The first-order chi connectivity index (χ1) is 9.88. The number of nitrogens with one attached hydrogen (secondary N) is 1. The van der Waals surface area contributed by atoms with Crippen LogP contribution < -0.4 is 5.32 Å². The number of benzene rings is 2. The van der Waals surface area contributed by atoms with Crippen molar-refractivity contribution >= 4 is 10.8 Å². The van der Waals surface area contributed by atoms with E-state index < -0.39 is 0 Å². The van der Waals surface area contributed by atoms with Crippen LogP contribution >= 0.6 is 0 Å². The first kappa shape index (κ1) is 13.1. The molecule has 20 heavy (non-hydrogen) atoms. The van der Waals surface area contributed by atoms with E-state index in [9.17, 15) is 5.26 Å². The molecule has 0 aromatic heterocycles. The molecule has 0 amide bonds. The summed E-state index contributed by atoms with van der Waals surface area (Å²) in [5.74, 6) is 0. The van der Waals surface area contributed by atoms with Gasteiger partial charge in [0.05, 0.1) is 12.2 Å². The van der Waals surface area contributed by atoms with E-state index in [2.05, 4.69) is 29.6 Å². The third kappa shape index (κ3) is 2.67. The molecule has 0 aliphatic carbocycles. The predicted molar refractivity (Wildman–Crippen MR) is 79.3 cm³/mol. The second kappa shape index (κ2) is 6.04. The molecule has 0 bridgehead atoms. The van der Waals surface area contributed by atoms with E-state index in [4.69, 9.17) is 4.74 Å².